The molecule has 3 rings (SSSR count). The number of aromatic amines is 1. The molecule has 0 bridgehead atoms. The van der Waals surface area contributed by atoms with E-state index >= 15 is 0 Å². The van der Waals surface area contributed by atoms with Crippen molar-refractivity contribution in [1.29, 1.82) is 0 Å². The first-order chi connectivity index (χ1) is 10.4. The summed E-state index contributed by atoms with van der Waals surface area (Å²) in [6.45, 7) is 0.942. The summed E-state index contributed by atoms with van der Waals surface area (Å²) in [6.07, 6.45) is -2.00. The van der Waals surface area contributed by atoms with Crippen LogP contribution in [-0.4, -0.2) is 36.6 Å². The molecule has 3 nitrogen and oxygen atoms in total. The van der Waals surface area contributed by atoms with Gasteiger partial charge in [-0.2, -0.15) is 13.2 Å². The van der Waals surface area contributed by atoms with Crippen molar-refractivity contribution in [3.8, 4) is 5.75 Å². The van der Waals surface area contributed by atoms with Gasteiger partial charge in [0.15, 0.2) is 0 Å². The highest BCUT2D eigenvalue weighted by atomic mass is 19.4. The van der Waals surface area contributed by atoms with Crippen molar-refractivity contribution < 1.29 is 17.9 Å². The highest BCUT2D eigenvalue weighted by Crippen LogP contribution is 2.38. The average Bonchev–Trinajstić information content (AvgIpc) is 3.03. The van der Waals surface area contributed by atoms with E-state index in [4.69, 9.17) is 4.74 Å². The quantitative estimate of drug-likeness (QED) is 0.933. The molecule has 2 heterocycles. The van der Waals surface area contributed by atoms with Crippen LogP contribution in [0.5, 0.6) is 5.75 Å². The SMILES string of the molecule is COc1ccc2[nH]c(C(F)(F)F)c(C[C@H]3CCCN3C)c2c1. The molecular weight excluding hydrogens is 293 g/mol. The molecule has 120 valence electrons. The van der Waals surface area contributed by atoms with E-state index in [2.05, 4.69) is 9.88 Å². The number of fused-ring (bicyclic) bond motifs is 1. The van der Waals surface area contributed by atoms with Gasteiger partial charge in [0, 0.05) is 16.9 Å². The zero-order valence-electron chi connectivity index (χ0n) is 12.6. The fourth-order valence-corrected chi connectivity index (χ4v) is 3.28. The third-order valence-corrected chi connectivity index (χ3v) is 4.51. The number of likely N-dealkylation sites (N-methyl/N-ethyl adjacent to an activating group) is 1. The molecule has 0 saturated carbocycles. The van der Waals surface area contributed by atoms with E-state index in [1.54, 1.807) is 18.2 Å². The smallest absolute Gasteiger partial charge is 0.431 e. The average molecular weight is 312 g/mol. The predicted octanol–water partition coefficient (Wildman–Crippen LogP) is 3.83. The fraction of sp³-hybridized carbons (Fsp3) is 0.500. The first-order valence-corrected chi connectivity index (χ1v) is 7.36. The second-order valence-corrected chi connectivity index (χ2v) is 5.87. The number of H-pyrrole nitrogens is 1. The summed E-state index contributed by atoms with van der Waals surface area (Å²) in [5, 5.41) is 0.604. The van der Waals surface area contributed by atoms with Crippen molar-refractivity contribution >= 4 is 10.9 Å². The maximum absolute atomic E-state index is 13.4. The Morgan fingerprint density at radius 2 is 2.14 bits per heavy atom. The molecule has 1 fully saturated rings. The zero-order valence-corrected chi connectivity index (χ0v) is 12.6. The summed E-state index contributed by atoms with van der Waals surface area (Å²) < 4.78 is 45.2. The van der Waals surface area contributed by atoms with Crippen LogP contribution < -0.4 is 4.74 Å². The van der Waals surface area contributed by atoms with Crippen LogP contribution in [0.1, 0.15) is 24.1 Å². The van der Waals surface area contributed by atoms with E-state index in [1.807, 2.05) is 7.05 Å². The molecule has 1 aliphatic heterocycles. The number of methoxy groups -OCH3 is 1. The van der Waals surface area contributed by atoms with Gasteiger partial charge in [0.2, 0.25) is 0 Å². The number of nitrogens with zero attached hydrogens (tertiary/aromatic N) is 1. The maximum Gasteiger partial charge on any atom is 0.431 e. The highest BCUT2D eigenvalue weighted by molar-refractivity contribution is 5.86. The topological polar surface area (TPSA) is 28.3 Å². The largest absolute Gasteiger partial charge is 0.497 e. The monoisotopic (exact) mass is 312 g/mol. The van der Waals surface area contributed by atoms with Crippen molar-refractivity contribution in [1.82, 2.24) is 9.88 Å². The third-order valence-electron chi connectivity index (χ3n) is 4.51. The van der Waals surface area contributed by atoms with Crippen LogP contribution in [0.2, 0.25) is 0 Å². The lowest BCUT2D eigenvalue weighted by atomic mass is 10.0. The Bertz CT molecular complexity index is 678. The van der Waals surface area contributed by atoms with E-state index < -0.39 is 11.9 Å². The molecule has 1 aliphatic rings. The van der Waals surface area contributed by atoms with Crippen LogP contribution in [0, 0.1) is 0 Å². The molecular formula is C16H19F3N2O. The maximum atomic E-state index is 13.4. The van der Waals surface area contributed by atoms with E-state index in [0.29, 0.717) is 28.6 Å². The summed E-state index contributed by atoms with van der Waals surface area (Å²) in [6, 6.07) is 5.16. The number of rotatable bonds is 3. The number of benzene rings is 1. The van der Waals surface area contributed by atoms with Gasteiger partial charge in [-0.15, -0.1) is 0 Å². The van der Waals surface area contributed by atoms with E-state index in [0.717, 1.165) is 19.4 Å². The Balaban J connectivity index is 2.10. The summed E-state index contributed by atoms with van der Waals surface area (Å²) in [4.78, 5) is 4.68. The molecule has 1 atom stereocenters. The Kier molecular flexibility index (Phi) is 3.80. The van der Waals surface area contributed by atoms with Crippen molar-refractivity contribution in [3.05, 3.63) is 29.5 Å². The lowest BCUT2D eigenvalue weighted by Gasteiger charge is -2.20. The molecule has 0 amide bonds. The Morgan fingerprint density at radius 3 is 2.73 bits per heavy atom. The molecule has 1 aromatic carbocycles. The number of hydrogen-bond acceptors (Lipinski definition) is 2. The minimum atomic E-state index is -4.38. The fourth-order valence-electron chi connectivity index (χ4n) is 3.28. The van der Waals surface area contributed by atoms with Gasteiger partial charge in [-0.3, -0.25) is 0 Å². The highest BCUT2D eigenvalue weighted by Gasteiger charge is 2.37. The molecule has 6 heteroatoms. The molecule has 0 spiro atoms. The molecule has 1 aromatic heterocycles. The Labute approximate surface area is 127 Å². The van der Waals surface area contributed by atoms with Crippen molar-refractivity contribution in [2.75, 3.05) is 20.7 Å². The summed E-state index contributed by atoms with van der Waals surface area (Å²) in [7, 11) is 3.49. The van der Waals surface area contributed by atoms with Crippen LogP contribution in [0.25, 0.3) is 10.9 Å². The van der Waals surface area contributed by atoms with E-state index in [1.165, 1.54) is 7.11 Å². The van der Waals surface area contributed by atoms with Gasteiger partial charge in [0.1, 0.15) is 11.4 Å². The van der Waals surface area contributed by atoms with Crippen LogP contribution in [-0.2, 0) is 12.6 Å². The van der Waals surface area contributed by atoms with Crippen LogP contribution >= 0.6 is 0 Å². The standard InChI is InChI=1S/C16H19F3N2O/c1-21-7-3-4-10(21)8-13-12-9-11(22-2)5-6-14(12)20-15(13)16(17,18)19/h5-6,9-10,20H,3-4,7-8H2,1-2H3/t10-/m1/s1. The number of likely N-dealkylation sites (tertiary alicyclic amines) is 1. The molecule has 0 unspecified atom stereocenters. The lowest BCUT2D eigenvalue weighted by Crippen LogP contribution is -2.27. The minimum Gasteiger partial charge on any atom is -0.497 e. The van der Waals surface area contributed by atoms with Gasteiger partial charge in [-0.1, -0.05) is 0 Å². The van der Waals surface area contributed by atoms with Gasteiger partial charge in [-0.05, 0) is 56.6 Å². The normalized spacial score (nSPS) is 20.0. The van der Waals surface area contributed by atoms with E-state index in [-0.39, 0.29) is 6.04 Å². The summed E-state index contributed by atoms with van der Waals surface area (Å²) in [5.41, 5.74) is 0.222. The van der Waals surface area contributed by atoms with Gasteiger partial charge in [-0.25, -0.2) is 0 Å². The molecule has 22 heavy (non-hydrogen) atoms. The van der Waals surface area contributed by atoms with Crippen LogP contribution in [0.4, 0.5) is 13.2 Å². The Hall–Kier alpha value is -1.69. The number of nitrogens with one attached hydrogen (secondary N) is 1. The van der Waals surface area contributed by atoms with Crippen LogP contribution in [0.3, 0.4) is 0 Å². The molecule has 0 radical (unpaired) electrons. The van der Waals surface area contributed by atoms with Crippen molar-refractivity contribution in [2.45, 2.75) is 31.5 Å². The first-order valence-electron chi connectivity index (χ1n) is 7.36. The van der Waals surface area contributed by atoms with Crippen LogP contribution in [0.15, 0.2) is 18.2 Å². The van der Waals surface area contributed by atoms with Gasteiger partial charge in [0.25, 0.3) is 0 Å². The van der Waals surface area contributed by atoms with E-state index in [9.17, 15) is 13.2 Å². The summed E-state index contributed by atoms with van der Waals surface area (Å²) >= 11 is 0. The van der Waals surface area contributed by atoms with Gasteiger partial charge >= 0.3 is 6.18 Å². The second kappa shape index (κ2) is 5.50. The number of halogens is 3. The molecule has 1 N–H and O–H groups in total. The lowest BCUT2D eigenvalue weighted by molar-refractivity contribution is -0.141. The minimum absolute atomic E-state index is 0.159. The van der Waals surface area contributed by atoms with Crippen molar-refractivity contribution in [2.24, 2.45) is 0 Å². The summed E-state index contributed by atoms with van der Waals surface area (Å²) in [5.74, 6) is 0.571. The second-order valence-electron chi connectivity index (χ2n) is 5.87. The predicted molar refractivity (Wildman–Crippen MR) is 79.2 cm³/mol. The zero-order chi connectivity index (χ0) is 15.9. The van der Waals surface area contributed by atoms with Gasteiger partial charge < -0.3 is 14.6 Å². The molecule has 2 aromatic rings. The Morgan fingerprint density at radius 1 is 1.36 bits per heavy atom. The van der Waals surface area contributed by atoms with Gasteiger partial charge in [0.05, 0.1) is 7.11 Å². The number of hydrogen-bond donors (Lipinski definition) is 1. The molecule has 1 saturated heterocycles. The number of aromatic nitrogens is 1. The number of ether oxygens (including phenoxy) is 1. The number of alkyl halides is 3. The first kappa shape index (κ1) is 15.2. The van der Waals surface area contributed by atoms with Crippen molar-refractivity contribution in [3.63, 3.8) is 0 Å². The molecule has 0 aliphatic carbocycles. The third kappa shape index (κ3) is 2.67.